The third-order valence-electron chi connectivity index (χ3n) is 3.12. The number of primary sulfonamides is 1. The predicted octanol–water partition coefficient (Wildman–Crippen LogP) is 2.51. The van der Waals surface area contributed by atoms with Gasteiger partial charge in [-0.25, -0.2) is 13.6 Å². The minimum absolute atomic E-state index is 0.0206. The first-order valence-electron chi connectivity index (χ1n) is 6.91. The van der Waals surface area contributed by atoms with Crippen molar-refractivity contribution in [1.82, 2.24) is 0 Å². The molecular formula is C16H18N2O3S2. The highest BCUT2D eigenvalue weighted by molar-refractivity contribution is 7.99. The average Bonchev–Trinajstić information content (AvgIpc) is 2.49. The third kappa shape index (κ3) is 5.38. The molecule has 2 aromatic rings. The van der Waals surface area contributed by atoms with Crippen molar-refractivity contribution in [3.8, 4) is 0 Å². The van der Waals surface area contributed by atoms with E-state index in [1.165, 1.54) is 17.8 Å². The molecule has 0 fully saturated rings. The Bertz CT molecular complexity index is 790. The predicted molar refractivity (Wildman–Crippen MR) is 93.8 cm³/mol. The number of nitrogens with two attached hydrogens (primary N) is 1. The van der Waals surface area contributed by atoms with Crippen LogP contribution in [-0.2, 0) is 20.6 Å². The Morgan fingerprint density at radius 1 is 1.17 bits per heavy atom. The highest BCUT2D eigenvalue weighted by Crippen LogP contribution is 2.19. The van der Waals surface area contributed by atoms with Gasteiger partial charge in [-0.2, -0.15) is 0 Å². The van der Waals surface area contributed by atoms with Crippen LogP contribution in [0.5, 0.6) is 0 Å². The molecule has 7 heteroatoms. The Morgan fingerprint density at radius 3 is 2.52 bits per heavy atom. The fourth-order valence-corrected chi connectivity index (χ4v) is 3.61. The van der Waals surface area contributed by atoms with E-state index >= 15 is 0 Å². The van der Waals surface area contributed by atoms with Crippen LogP contribution in [0.2, 0.25) is 0 Å². The van der Waals surface area contributed by atoms with Crippen molar-refractivity contribution >= 4 is 33.4 Å². The molecule has 0 aliphatic rings. The lowest BCUT2D eigenvalue weighted by atomic mass is 10.2. The van der Waals surface area contributed by atoms with E-state index in [-0.39, 0.29) is 16.6 Å². The molecule has 0 spiro atoms. The number of sulfonamides is 1. The number of carbonyl (C=O) groups excluding carboxylic acids is 1. The lowest BCUT2D eigenvalue weighted by molar-refractivity contribution is -0.113. The van der Waals surface area contributed by atoms with Gasteiger partial charge in [0.15, 0.2) is 0 Å². The van der Waals surface area contributed by atoms with Crippen LogP contribution >= 0.6 is 11.8 Å². The van der Waals surface area contributed by atoms with Gasteiger partial charge < -0.3 is 5.32 Å². The number of thioether (sulfide) groups is 1. The molecule has 0 saturated carbocycles. The molecule has 2 rings (SSSR count). The zero-order chi connectivity index (χ0) is 16.9. The highest BCUT2D eigenvalue weighted by Gasteiger charge is 2.13. The highest BCUT2D eigenvalue weighted by atomic mass is 32.2. The first kappa shape index (κ1) is 17.5. The van der Waals surface area contributed by atoms with Gasteiger partial charge in [0.2, 0.25) is 15.9 Å². The number of aryl methyl sites for hydroxylation is 1. The van der Waals surface area contributed by atoms with E-state index in [2.05, 4.69) is 5.32 Å². The normalized spacial score (nSPS) is 11.2. The van der Waals surface area contributed by atoms with Crippen LogP contribution in [0.4, 0.5) is 5.69 Å². The first-order valence-corrected chi connectivity index (χ1v) is 9.61. The van der Waals surface area contributed by atoms with Gasteiger partial charge in [-0.05, 0) is 30.2 Å². The minimum atomic E-state index is -3.80. The number of amides is 1. The second-order valence-corrected chi connectivity index (χ2v) is 7.57. The summed E-state index contributed by atoms with van der Waals surface area (Å²) in [6.07, 6.45) is 0. The second-order valence-electron chi connectivity index (χ2n) is 5.05. The number of nitrogens with one attached hydrogen (secondary N) is 1. The molecule has 2 aromatic carbocycles. The summed E-state index contributed by atoms with van der Waals surface area (Å²) in [4.78, 5) is 12.0. The lowest BCUT2D eigenvalue weighted by Crippen LogP contribution is -2.17. The van der Waals surface area contributed by atoms with Crippen LogP contribution in [-0.4, -0.2) is 20.1 Å². The molecule has 0 bridgehead atoms. The number of hydrogen-bond donors (Lipinski definition) is 2. The summed E-state index contributed by atoms with van der Waals surface area (Å²) in [6.45, 7) is 1.65. The van der Waals surface area contributed by atoms with Crippen molar-refractivity contribution in [2.24, 2.45) is 5.14 Å². The van der Waals surface area contributed by atoms with Gasteiger partial charge in [0, 0.05) is 11.4 Å². The van der Waals surface area contributed by atoms with E-state index < -0.39 is 10.0 Å². The summed E-state index contributed by atoms with van der Waals surface area (Å²) in [5.41, 5.74) is 2.12. The van der Waals surface area contributed by atoms with Crippen LogP contribution in [0, 0.1) is 6.92 Å². The fourth-order valence-electron chi connectivity index (χ4n) is 2.02. The molecule has 0 radical (unpaired) electrons. The second kappa shape index (κ2) is 7.63. The Labute approximate surface area is 140 Å². The van der Waals surface area contributed by atoms with E-state index in [0.717, 1.165) is 11.3 Å². The Kier molecular flexibility index (Phi) is 5.81. The molecule has 0 unspecified atom stereocenters. The first-order chi connectivity index (χ1) is 10.9. The molecule has 0 aliphatic heterocycles. The summed E-state index contributed by atoms with van der Waals surface area (Å²) in [6, 6.07) is 14.5. The summed E-state index contributed by atoms with van der Waals surface area (Å²) < 4.78 is 23.0. The number of anilines is 1. The van der Waals surface area contributed by atoms with Crippen molar-refractivity contribution in [3.05, 3.63) is 59.7 Å². The van der Waals surface area contributed by atoms with Crippen molar-refractivity contribution in [2.75, 3.05) is 11.1 Å². The quantitative estimate of drug-likeness (QED) is 0.838. The maximum atomic E-state index is 11.9. The van der Waals surface area contributed by atoms with Gasteiger partial charge in [0.1, 0.15) is 0 Å². The smallest absolute Gasteiger partial charge is 0.238 e. The largest absolute Gasteiger partial charge is 0.325 e. The van der Waals surface area contributed by atoms with Crippen molar-refractivity contribution in [1.29, 1.82) is 0 Å². The Hall–Kier alpha value is -1.83. The Morgan fingerprint density at radius 2 is 1.87 bits per heavy atom. The standard InChI is InChI=1S/C16H18N2O3S2/c1-12-7-8-14(9-15(12)23(17,20)21)18-16(19)11-22-10-13-5-3-2-4-6-13/h2-9H,10-11H2,1H3,(H,18,19)(H2,17,20,21). The van der Waals surface area contributed by atoms with Crippen molar-refractivity contribution in [3.63, 3.8) is 0 Å². The number of hydrogen-bond acceptors (Lipinski definition) is 4. The van der Waals surface area contributed by atoms with Crippen LogP contribution in [0.25, 0.3) is 0 Å². The summed E-state index contributed by atoms with van der Waals surface area (Å²) in [5, 5.41) is 7.85. The molecule has 0 heterocycles. The molecule has 0 saturated heterocycles. The van der Waals surface area contributed by atoms with E-state index in [1.807, 2.05) is 30.3 Å². The molecule has 23 heavy (non-hydrogen) atoms. The van der Waals surface area contributed by atoms with Crippen LogP contribution in [0.15, 0.2) is 53.4 Å². The average molecular weight is 350 g/mol. The monoisotopic (exact) mass is 350 g/mol. The van der Waals surface area contributed by atoms with Crippen LogP contribution < -0.4 is 10.5 Å². The SMILES string of the molecule is Cc1ccc(NC(=O)CSCc2ccccc2)cc1S(N)(=O)=O. The van der Waals surface area contributed by atoms with Crippen molar-refractivity contribution < 1.29 is 13.2 Å². The maximum absolute atomic E-state index is 11.9. The van der Waals surface area contributed by atoms with Crippen molar-refractivity contribution in [2.45, 2.75) is 17.6 Å². The lowest BCUT2D eigenvalue weighted by Gasteiger charge is -2.09. The molecule has 122 valence electrons. The number of benzene rings is 2. The number of carbonyl (C=O) groups is 1. The number of rotatable bonds is 6. The molecule has 0 aromatic heterocycles. The topological polar surface area (TPSA) is 89.3 Å². The summed E-state index contributed by atoms with van der Waals surface area (Å²) >= 11 is 1.49. The molecule has 3 N–H and O–H groups in total. The summed E-state index contributed by atoms with van der Waals surface area (Å²) in [7, 11) is -3.80. The zero-order valence-corrected chi connectivity index (χ0v) is 14.3. The van der Waals surface area contributed by atoms with Gasteiger partial charge in [-0.3, -0.25) is 4.79 Å². The van der Waals surface area contributed by atoms with E-state index in [9.17, 15) is 13.2 Å². The van der Waals surface area contributed by atoms with E-state index in [0.29, 0.717) is 11.3 Å². The Balaban J connectivity index is 1.93. The van der Waals surface area contributed by atoms with Gasteiger partial charge in [-0.15, -0.1) is 11.8 Å². The minimum Gasteiger partial charge on any atom is -0.325 e. The maximum Gasteiger partial charge on any atom is 0.238 e. The molecular weight excluding hydrogens is 332 g/mol. The fraction of sp³-hybridized carbons (Fsp3) is 0.188. The van der Waals surface area contributed by atoms with E-state index in [1.54, 1.807) is 19.1 Å². The van der Waals surface area contributed by atoms with Gasteiger partial charge in [0.05, 0.1) is 10.6 Å². The third-order valence-corrected chi connectivity index (χ3v) is 5.18. The van der Waals surface area contributed by atoms with Crippen LogP contribution in [0.1, 0.15) is 11.1 Å². The molecule has 0 atom stereocenters. The molecule has 0 aliphatic carbocycles. The zero-order valence-electron chi connectivity index (χ0n) is 12.7. The van der Waals surface area contributed by atoms with Crippen LogP contribution in [0.3, 0.4) is 0 Å². The summed E-state index contributed by atoms with van der Waals surface area (Å²) in [5.74, 6) is 0.841. The van der Waals surface area contributed by atoms with Gasteiger partial charge >= 0.3 is 0 Å². The molecule has 5 nitrogen and oxygen atoms in total. The van der Waals surface area contributed by atoms with Gasteiger partial charge in [-0.1, -0.05) is 36.4 Å². The molecule has 1 amide bonds. The van der Waals surface area contributed by atoms with E-state index in [4.69, 9.17) is 5.14 Å². The van der Waals surface area contributed by atoms with Gasteiger partial charge in [0.25, 0.3) is 0 Å².